The number of aromatic carboxylic acids is 1. The molecule has 1 amide bonds. The Balaban J connectivity index is 1.82. The minimum atomic E-state index is -1.00. The number of methoxy groups -OCH3 is 1. The van der Waals surface area contributed by atoms with Gasteiger partial charge in [0.25, 0.3) is 5.91 Å². The lowest BCUT2D eigenvalue weighted by Crippen LogP contribution is -2.32. The molecule has 0 fully saturated rings. The number of hydrogen-bond donors (Lipinski definition) is 1. The molecule has 1 N–H and O–H groups in total. The molecule has 6 heteroatoms. The van der Waals surface area contributed by atoms with Gasteiger partial charge in [-0.25, -0.2) is 9.79 Å². The summed E-state index contributed by atoms with van der Waals surface area (Å²) in [7, 11) is 1.58. The van der Waals surface area contributed by atoms with Crippen LogP contribution in [-0.2, 0) is 4.79 Å². The molecule has 1 heterocycles. The lowest BCUT2D eigenvalue weighted by molar-refractivity contribution is -0.113. The van der Waals surface area contributed by atoms with Crippen LogP contribution in [0.1, 0.15) is 27.0 Å². The van der Waals surface area contributed by atoms with E-state index >= 15 is 0 Å². The third-order valence-corrected chi connectivity index (χ3v) is 4.96. The molecule has 0 atom stereocenters. The van der Waals surface area contributed by atoms with Gasteiger partial charge >= 0.3 is 5.97 Å². The predicted octanol–water partition coefficient (Wildman–Crippen LogP) is 4.54. The Hall–Kier alpha value is -4.19. The zero-order chi connectivity index (χ0) is 22.0. The Bertz CT molecular complexity index is 1210. The highest BCUT2D eigenvalue weighted by Crippen LogP contribution is 2.31. The summed E-state index contributed by atoms with van der Waals surface area (Å²) in [6.45, 7) is 1.98. The Morgan fingerprint density at radius 1 is 1.00 bits per heavy atom. The molecule has 0 unspecified atom stereocenters. The van der Waals surface area contributed by atoms with Crippen molar-refractivity contribution in [1.82, 2.24) is 0 Å². The number of carboxylic acid groups (broad SMARTS) is 1. The lowest BCUT2D eigenvalue weighted by Gasteiger charge is -2.20. The molecule has 4 rings (SSSR count). The summed E-state index contributed by atoms with van der Waals surface area (Å²) in [6.07, 6.45) is 1.65. The Morgan fingerprint density at radius 2 is 1.68 bits per heavy atom. The van der Waals surface area contributed by atoms with Crippen molar-refractivity contribution in [2.24, 2.45) is 4.99 Å². The van der Waals surface area contributed by atoms with E-state index in [9.17, 15) is 9.59 Å². The van der Waals surface area contributed by atoms with Crippen LogP contribution in [0.2, 0.25) is 0 Å². The number of carbonyl (C=O) groups excluding carboxylic acids is 1. The van der Waals surface area contributed by atoms with E-state index in [0.29, 0.717) is 28.4 Å². The van der Waals surface area contributed by atoms with Gasteiger partial charge in [0.2, 0.25) is 0 Å². The first-order chi connectivity index (χ1) is 15.0. The topological polar surface area (TPSA) is 79.2 Å². The van der Waals surface area contributed by atoms with Crippen LogP contribution in [0.3, 0.4) is 0 Å². The number of anilines is 1. The molecule has 3 aromatic carbocycles. The summed E-state index contributed by atoms with van der Waals surface area (Å²) < 4.78 is 5.49. The van der Waals surface area contributed by atoms with E-state index in [1.165, 1.54) is 12.1 Å². The molecule has 31 heavy (non-hydrogen) atoms. The monoisotopic (exact) mass is 412 g/mol. The fourth-order valence-corrected chi connectivity index (χ4v) is 3.34. The van der Waals surface area contributed by atoms with E-state index in [1.807, 2.05) is 55.5 Å². The maximum Gasteiger partial charge on any atom is 0.335 e. The van der Waals surface area contributed by atoms with Crippen molar-refractivity contribution >= 4 is 29.5 Å². The smallest absolute Gasteiger partial charge is 0.335 e. The minimum absolute atomic E-state index is 0.180. The number of nitrogens with zero attached hydrogens (tertiary/aromatic N) is 2. The van der Waals surface area contributed by atoms with Gasteiger partial charge in [0.05, 0.1) is 23.9 Å². The predicted molar refractivity (Wildman–Crippen MR) is 120 cm³/mol. The number of benzene rings is 3. The molecule has 1 aliphatic rings. The number of hydrogen-bond acceptors (Lipinski definition) is 4. The highest BCUT2D eigenvalue weighted by molar-refractivity contribution is 6.33. The number of rotatable bonds is 5. The Morgan fingerprint density at radius 3 is 2.32 bits per heavy atom. The summed E-state index contributed by atoms with van der Waals surface area (Å²) in [6, 6.07) is 21.3. The number of amides is 1. The number of aryl methyl sites for hydroxylation is 1. The average Bonchev–Trinajstić information content (AvgIpc) is 3.10. The first-order valence-electron chi connectivity index (χ1n) is 9.66. The molecule has 0 saturated carbocycles. The van der Waals surface area contributed by atoms with Crippen LogP contribution in [0.25, 0.3) is 6.08 Å². The van der Waals surface area contributed by atoms with Crippen LogP contribution >= 0.6 is 0 Å². The molecule has 0 saturated heterocycles. The highest BCUT2D eigenvalue weighted by Gasteiger charge is 2.33. The van der Waals surface area contributed by atoms with E-state index in [-0.39, 0.29) is 17.2 Å². The highest BCUT2D eigenvalue weighted by atomic mass is 16.5. The van der Waals surface area contributed by atoms with Gasteiger partial charge in [-0.2, -0.15) is 0 Å². The van der Waals surface area contributed by atoms with Crippen LogP contribution in [0.4, 0.5) is 5.69 Å². The average molecular weight is 412 g/mol. The first-order valence-corrected chi connectivity index (χ1v) is 9.66. The zero-order valence-electron chi connectivity index (χ0n) is 17.1. The Labute approximate surface area is 179 Å². The molecule has 0 aliphatic carbocycles. The summed E-state index contributed by atoms with van der Waals surface area (Å²) in [4.78, 5) is 30.6. The third kappa shape index (κ3) is 3.96. The summed E-state index contributed by atoms with van der Waals surface area (Å²) in [5.74, 6) is -0.192. The SMILES string of the molecule is COc1ccccc1C1=N/C(=C/c2ccc(C(=O)O)cc2)C(=O)N1c1ccc(C)cc1. The minimum Gasteiger partial charge on any atom is -0.496 e. The van der Waals surface area contributed by atoms with Gasteiger partial charge in [0, 0.05) is 0 Å². The lowest BCUT2D eigenvalue weighted by atomic mass is 10.1. The second-order valence-electron chi connectivity index (χ2n) is 7.07. The second kappa shape index (κ2) is 8.28. The fourth-order valence-electron chi connectivity index (χ4n) is 3.34. The van der Waals surface area contributed by atoms with Crippen LogP contribution in [-0.4, -0.2) is 29.9 Å². The zero-order valence-corrected chi connectivity index (χ0v) is 17.1. The van der Waals surface area contributed by atoms with E-state index in [1.54, 1.807) is 30.2 Å². The molecule has 3 aromatic rings. The maximum atomic E-state index is 13.4. The molecule has 0 bridgehead atoms. The first kappa shape index (κ1) is 20.1. The molecular formula is C25H20N2O4. The fraction of sp³-hybridized carbons (Fsp3) is 0.0800. The molecule has 1 aliphatic heterocycles. The standard InChI is InChI=1S/C25H20N2O4/c1-16-7-13-19(14-8-16)27-23(20-5-3-4-6-22(20)31-2)26-21(24(27)28)15-17-9-11-18(12-10-17)25(29)30/h3-15H,1-2H3,(H,29,30)/b21-15+. The normalized spacial score (nSPS) is 14.6. The number of para-hydroxylation sites is 1. The number of aliphatic imine (C=N–C) groups is 1. The van der Waals surface area contributed by atoms with Gasteiger partial charge in [-0.15, -0.1) is 0 Å². The Kier molecular flexibility index (Phi) is 5.37. The van der Waals surface area contributed by atoms with Crippen molar-refractivity contribution in [3.63, 3.8) is 0 Å². The van der Waals surface area contributed by atoms with E-state index in [0.717, 1.165) is 5.56 Å². The number of carboxylic acids is 1. The van der Waals surface area contributed by atoms with Gasteiger partial charge in [-0.3, -0.25) is 9.69 Å². The molecule has 0 spiro atoms. The van der Waals surface area contributed by atoms with Crippen LogP contribution in [0.15, 0.2) is 83.5 Å². The van der Waals surface area contributed by atoms with Crippen molar-refractivity contribution in [3.05, 3.63) is 101 Å². The third-order valence-electron chi connectivity index (χ3n) is 4.96. The second-order valence-corrected chi connectivity index (χ2v) is 7.07. The molecule has 0 aromatic heterocycles. The summed E-state index contributed by atoms with van der Waals surface area (Å²) in [5.41, 5.74) is 3.60. The van der Waals surface area contributed by atoms with Crippen molar-refractivity contribution in [1.29, 1.82) is 0 Å². The largest absolute Gasteiger partial charge is 0.496 e. The summed E-state index contributed by atoms with van der Waals surface area (Å²) >= 11 is 0. The molecular weight excluding hydrogens is 392 g/mol. The number of carbonyl (C=O) groups is 2. The quantitative estimate of drug-likeness (QED) is 0.624. The van der Waals surface area contributed by atoms with Crippen LogP contribution in [0.5, 0.6) is 5.75 Å². The van der Waals surface area contributed by atoms with E-state index < -0.39 is 5.97 Å². The number of amidine groups is 1. The molecule has 6 nitrogen and oxygen atoms in total. The molecule has 0 radical (unpaired) electrons. The van der Waals surface area contributed by atoms with Crippen molar-refractivity contribution < 1.29 is 19.4 Å². The van der Waals surface area contributed by atoms with Crippen molar-refractivity contribution in [2.75, 3.05) is 12.0 Å². The van der Waals surface area contributed by atoms with Gasteiger partial charge in [-0.05, 0) is 55.0 Å². The van der Waals surface area contributed by atoms with Crippen molar-refractivity contribution in [2.45, 2.75) is 6.92 Å². The van der Waals surface area contributed by atoms with Crippen molar-refractivity contribution in [3.8, 4) is 5.75 Å². The molecule has 154 valence electrons. The van der Waals surface area contributed by atoms with Gasteiger partial charge in [0.1, 0.15) is 11.4 Å². The van der Waals surface area contributed by atoms with E-state index in [2.05, 4.69) is 4.99 Å². The maximum absolute atomic E-state index is 13.4. The van der Waals surface area contributed by atoms with Crippen LogP contribution in [0, 0.1) is 6.92 Å². The number of ether oxygens (including phenoxy) is 1. The van der Waals surface area contributed by atoms with E-state index in [4.69, 9.17) is 9.84 Å². The van der Waals surface area contributed by atoms with Gasteiger partial charge < -0.3 is 9.84 Å². The van der Waals surface area contributed by atoms with Gasteiger partial charge in [0.15, 0.2) is 5.84 Å². The van der Waals surface area contributed by atoms with Gasteiger partial charge in [-0.1, -0.05) is 42.0 Å². The summed E-state index contributed by atoms with van der Waals surface area (Å²) in [5, 5.41) is 9.08. The van der Waals surface area contributed by atoms with Crippen LogP contribution < -0.4 is 9.64 Å².